The van der Waals surface area contributed by atoms with E-state index >= 15 is 0 Å². The number of rotatable bonds is 7. The summed E-state index contributed by atoms with van der Waals surface area (Å²) in [4.78, 5) is 37.7. The Kier molecular flexibility index (Phi) is 18.7. The van der Waals surface area contributed by atoms with E-state index in [1.807, 2.05) is 102 Å². The van der Waals surface area contributed by atoms with E-state index in [0.29, 0.717) is 21.9 Å². The number of imidazole rings is 1. The zero-order valence-electron chi connectivity index (χ0n) is 33.2. The highest BCUT2D eigenvalue weighted by Crippen LogP contribution is 2.31. The molecule has 0 unspecified atom stereocenters. The molecule has 9 rings (SSSR count). The van der Waals surface area contributed by atoms with Gasteiger partial charge in [0.1, 0.15) is 27.1 Å². The molecule has 0 amide bonds. The molecule has 0 saturated heterocycles. The van der Waals surface area contributed by atoms with Gasteiger partial charge in [-0.05, 0) is 69.8 Å². The molecule has 0 spiro atoms. The third-order valence-corrected chi connectivity index (χ3v) is 12.1. The van der Waals surface area contributed by atoms with Crippen molar-refractivity contribution >= 4 is 115 Å². The minimum absolute atomic E-state index is 0.488. The molecule has 5 aromatic carbocycles. The molecule has 0 radical (unpaired) electrons. The zero-order chi connectivity index (χ0) is 44.4. The number of carbonyl (C=O) groups excluding carboxylic acids is 2. The molecule has 17 heteroatoms. The molecule has 0 bridgehead atoms. The maximum Gasteiger partial charge on any atom is 0.488 e. The van der Waals surface area contributed by atoms with Crippen LogP contribution >= 0.6 is 73.1 Å². The number of nitrogens with two attached hydrogens (primary N) is 1. The zero-order valence-corrected chi connectivity index (χ0v) is 38.7. The van der Waals surface area contributed by atoms with E-state index in [-0.39, 0.29) is 0 Å². The number of thiazole rings is 3. The average molecular weight is 985 g/mol. The summed E-state index contributed by atoms with van der Waals surface area (Å²) < 4.78 is 2.78. The van der Waals surface area contributed by atoms with Crippen molar-refractivity contribution in [2.24, 2.45) is 7.05 Å². The first kappa shape index (κ1) is 47.7. The van der Waals surface area contributed by atoms with Gasteiger partial charge in [0, 0.05) is 50.0 Å². The first-order valence-corrected chi connectivity index (χ1v) is 22.8. The fourth-order valence-electron chi connectivity index (χ4n) is 5.36. The van der Waals surface area contributed by atoms with Crippen molar-refractivity contribution in [1.82, 2.24) is 24.5 Å². The number of anilines is 1. The monoisotopic (exact) mass is 982 g/mol. The van der Waals surface area contributed by atoms with Gasteiger partial charge < -0.3 is 20.3 Å². The van der Waals surface area contributed by atoms with Crippen LogP contribution in [0.15, 0.2) is 147 Å². The number of aromatic nitrogens is 5. The summed E-state index contributed by atoms with van der Waals surface area (Å²) in [5.74, 6) is 0.857. The second-order valence-corrected chi connectivity index (χ2v) is 17.4. The lowest BCUT2D eigenvalue weighted by Crippen LogP contribution is -2.29. The number of hydrogen-bond acceptors (Lipinski definition) is 12. The first-order chi connectivity index (χ1) is 30.0. The number of aryl methyl sites for hydroxylation is 2. The largest absolute Gasteiger partial charge is 0.488 e. The van der Waals surface area contributed by atoms with Gasteiger partial charge in [-0.25, -0.2) is 19.9 Å². The molecule has 0 fully saturated rings. The predicted molar refractivity (Wildman–Crippen MR) is 262 cm³/mol. The summed E-state index contributed by atoms with van der Waals surface area (Å²) in [7, 11) is 0.647. The van der Waals surface area contributed by atoms with Gasteiger partial charge in [0.05, 0.1) is 11.0 Å². The summed E-state index contributed by atoms with van der Waals surface area (Å²) in [5, 5.41) is 26.0. The van der Waals surface area contributed by atoms with Crippen molar-refractivity contribution in [2.75, 3.05) is 5.73 Å². The van der Waals surface area contributed by atoms with Crippen LogP contribution in [0.2, 0.25) is 10.0 Å². The maximum atomic E-state index is 10.4. The topological polar surface area (TPSA) is 157 Å². The molecule has 0 aliphatic heterocycles. The second-order valence-electron chi connectivity index (χ2n) is 12.7. The van der Waals surface area contributed by atoms with Crippen molar-refractivity contribution in [3.8, 4) is 32.7 Å². The highest BCUT2D eigenvalue weighted by molar-refractivity contribution is 9.11. The Morgan fingerprint density at radius 3 is 1.73 bits per heavy atom. The predicted octanol–water partition coefficient (Wildman–Crippen LogP) is 11.2. The fraction of sp³-hybridized carbons (Fsp3) is 0.0667. The average Bonchev–Trinajstić information content (AvgIpc) is 4.14. The van der Waals surface area contributed by atoms with Crippen LogP contribution < -0.4 is 11.2 Å². The van der Waals surface area contributed by atoms with E-state index in [2.05, 4.69) is 49.9 Å². The SMILES string of the molecule is CCc1cc(Cl)ccc1N.Cn1c(-c2csc(-c3ccccc3)n2)nc2ccc(Cl)cc21.O=Cc1csc(-c2ccccc2)n1.O=Cc1csc(Br)n1.OB(O)c1ccccc1. The number of nitrogen functional groups attached to an aromatic ring is 1. The van der Waals surface area contributed by atoms with Gasteiger partial charge >= 0.3 is 7.12 Å². The Bertz CT molecular complexity index is 2790. The summed E-state index contributed by atoms with van der Waals surface area (Å²) in [6.07, 6.45) is 2.43. The molecule has 0 aliphatic carbocycles. The van der Waals surface area contributed by atoms with Crippen LogP contribution in [0.3, 0.4) is 0 Å². The van der Waals surface area contributed by atoms with E-state index in [0.717, 1.165) is 82.9 Å². The van der Waals surface area contributed by atoms with Crippen molar-refractivity contribution in [3.05, 3.63) is 174 Å². The van der Waals surface area contributed by atoms with Gasteiger partial charge in [-0.1, -0.05) is 121 Å². The normalized spacial score (nSPS) is 10.1. The molecule has 4 N–H and O–H groups in total. The summed E-state index contributed by atoms with van der Waals surface area (Å²) in [6.45, 7) is 2.06. The van der Waals surface area contributed by atoms with Crippen LogP contribution in [-0.2, 0) is 13.5 Å². The van der Waals surface area contributed by atoms with Crippen LogP contribution in [0.1, 0.15) is 33.5 Å². The van der Waals surface area contributed by atoms with E-state index in [1.165, 1.54) is 22.7 Å². The summed E-state index contributed by atoms with van der Waals surface area (Å²) >= 11 is 19.5. The Labute approximate surface area is 389 Å². The van der Waals surface area contributed by atoms with E-state index in [9.17, 15) is 9.59 Å². The number of carbonyl (C=O) groups is 2. The highest BCUT2D eigenvalue weighted by Gasteiger charge is 2.14. The standard InChI is InChI=1S/C17H12ClN3S.C10H7NOS.C8H10ClN.C6H7BO2.C4H2BrNOS/c1-21-15-9-12(18)7-8-13(15)19-16(21)14-10-22-17(20-14)11-5-3-2-4-6-11;12-6-9-7-13-10(11-9)8-4-2-1-3-5-8;1-2-6-5-7(9)3-4-8(6)10;8-7(9)6-4-2-1-3-5-6;5-4-6-3(1-7)2-8-4/h2-10H,1H3;1-7H;3-5H,2,10H2,1H3;1-5,8-9H;1-2H. The lowest BCUT2D eigenvalue weighted by molar-refractivity contribution is 0.111. The second kappa shape index (κ2) is 24.3. The quantitative estimate of drug-likeness (QED) is 0.0803. The molecule has 4 heterocycles. The van der Waals surface area contributed by atoms with E-state index in [1.54, 1.807) is 52.4 Å². The van der Waals surface area contributed by atoms with Gasteiger partial charge in [0.15, 0.2) is 22.3 Å². The molecule has 0 aliphatic rings. The Hall–Kier alpha value is -5.36. The number of hydrogen-bond donors (Lipinski definition) is 3. The lowest BCUT2D eigenvalue weighted by Gasteiger charge is -2.01. The fourth-order valence-corrected chi connectivity index (χ4v) is 8.26. The first-order valence-electron chi connectivity index (χ1n) is 18.6. The molecule has 10 nitrogen and oxygen atoms in total. The van der Waals surface area contributed by atoms with Gasteiger partial charge in [0.2, 0.25) is 0 Å². The Morgan fingerprint density at radius 2 is 1.23 bits per heavy atom. The molecule has 314 valence electrons. The number of fused-ring (bicyclic) bond motifs is 1. The van der Waals surface area contributed by atoms with Gasteiger partial charge in [-0.15, -0.1) is 34.0 Å². The molecule has 9 aromatic rings. The van der Waals surface area contributed by atoms with Crippen LogP contribution in [0.4, 0.5) is 5.69 Å². The summed E-state index contributed by atoms with van der Waals surface area (Å²) in [5.41, 5.74) is 14.1. The maximum absolute atomic E-state index is 10.4. The molecule has 0 atom stereocenters. The van der Waals surface area contributed by atoms with Crippen molar-refractivity contribution in [2.45, 2.75) is 13.3 Å². The minimum Gasteiger partial charge on any atom is -0.423 e. The van der Waals surface area contributed by atoms with Crippen LogP contribution in [0.25, 0.3) is 43.7 Å². The number of aldehydes is 2. The third kappa shape index (κ3) is 14.1. The Morgan fingerprint density at radius 1 is 0.694 bits per heavy atom. The molecule has 0 saturated carbocycles. The summed E-state index contributed by atoms with van der Waals surface area (Å²) in [6, 6.07) is 39.9. The third-order valence-electron chi connectivity index (χ3n) is 8.46. The minimum atomic E-state index is -1.34. The number of nitrogens with zero attached hydrogens (tertiary/aromatic N) is 5. The van der Waals surface area contributed by atoms with Crippen LogP contribution in [0.5, 0.6) is 0 Å². The molecule has 4 aromatic heterocycles. The van der Waals surface area contributed by atoms with Gasteiger partial charge in [0.25, 0.3) is 0 Å². The van der Waals surface area contributed by atoms with Gasteiger partial charge in [-0.3, -0.25) is 9.59 Å². The molecule has 62 heavy (non-hydrogen) atoms. The van der Waals surface area contributed by atoms with E-state index in [4.69, 9.17) is 44.0 Å². The lowest BCUT2D eigenvalue weighted by atomic mass is 9.81. The van der Waals surface area contributed by atoms with Crippen molar-refractivity contribution in [3.63, 3.8) is 0 Å². The van der Waals surface area contributed by atoms with E-state index < -0.39 is 7.12 Å². The van der Waals surface area contributed by atoms with Crippen LogP contribution in [-0.4, -0.2) is 54.2 Å². The smallest absolute Gasteiger partial charge is 0.423 e. The number of benzene rings is 5. The number of halogens is 3. The molecular formula is C45H38BBrCl2N6O4S3. The Balaban J connectivity index is 0.000000156. The highest BCUT2D eigenvalue weighted by atomic mass is 79.9. The van der Waals surface area contributed by atoms with Crippen molar-refractivity contribution in [1.29, 1.82) is 0 Å². The van der Waals surface area contributed by atoms with Gasteiger partial charge in [-0.2, -0.15) is 0 Å². The molecular weight excluding hydrogens is 946 g/mol. The van der Waals surface area contributed by atoms with Crippen LogP contribution in [0, 0.1) is 0 Å². The van der Waals surface area contributed by atoms with Crippen molar-refractivity contribution < 1.29 is 19.6 Å².